The number of rotatable bonds is 7. The van der Waals surface area contributed by atoms with Crippen molar-refractivity contribution in [3.63, 3.8) is 0 Å². The summed E-state index contributed by atoms with van der Waals surface area (Å²) in [5.74, 6) is 5.35. The van der Waals surface area contributed by atoms with Crippen LogP contribution in [-0.4, -0.2) is 40.5 Å². The third-order valence-electron chi connectivity index (χ3n) is 2.82. The van der Waals surface area contributed by atoms with Gasteiger partial charge in [-0.25, -0.2) is 13.1 Å². The van der Waals surface area contributed by atoms with Gasteiger partial charge in [0.2, 0.25) is 10.0 Å². The number of hydrogen-bond donors (Lipinski definition) is 3. The molecule has 0 fully saturated rings. The Labute approximate surface area is 121 Å². The summed E-state index contributed by atoms with van der Waals surface area (Å²) in [4.78, 5) is 2.19. The molecule has 1 aromatic rings. The number of para-hydroxylation sites is 1. The van der Waals surface area contributed by atoms with Crippen LogP contribution in [0.25, 0.3) is 0 Å². The quantitative estimate of drug-likeness (QED) is 0.513. The Morgan fingerprint density at radius 1 is 1.25 bits per heavy atom. The van der Waals surface area contributed by atoms with Gasteiger partial charge in [0, 0.05) is 13.1 Å². The lowest BCUT2D eigenvalue weighted by atomic mass is 9.93. The first-order chi connectivity index (χ1) is 9.18. The fraction of sp³-hybridized carbons (Fsp3) is 0.538. The maximum absolute atomic E-state index is 12.3. The fourth-order valence-corrected chi connectivity index (χ4v) is 3.51. The van der Waals surface area contributed by atoms with Crippen molar-refractivity contribution in [1.82, 2.24) is 9.62 Å². The maximum atomic E-state index is 12.3. The van der Waals surface area contributed by atoms with Crippen molar-refractivity contribution in [1.29, 1.82) is 0 Å². The molecule has 0 bridgehead atoms. The van der Waals surface area contributed by atoms with Crippen LogP contribution < -0.4 is 16.0 Å². The first-order valence-electron chi connectivity index (χ1n) is 6.38. The van der Waals surface area contributed by atoms with Crippen LogP contribution in [0, 0.1) is 5.41 Å². The minimum Gasteiger partial charge on any atom is -0.323 e. The zero-order chi connectivity index (χ0) is 15.4. The minimum atomic E-state index is -3.58. The molecule has 20 heavy (non-hydrogen) atoms. The number of hydrogen-bond acceptors (Lipinski definition) is 5. The maximum Gasteiger partial charge on any atom is 0.242 e. The first-order valence-corrected chi connectivity index (χ1v) is 7.86. The molecule has 0 amide bonds. The second kappa shape index (κ2) is 6.53. The van der Waals surface area contributed by atoms with E-state index in [0.717, 1.165) is 6.54 Å². The SMILES string of the molecule is CN(C)CC(C)(C)CNS(=O)(=O)c1ccccc1NN. The van der Waals surface area contributed by atoms with Gasteiger partial charge in [-0.05, 0) is 31.6 Å². The number of nitrogens with two attached hydrogens (primary N) is 1. The highest BCUT2D eigenvalue weighted by atomic mass is 32.2. The van der Waals surface area contributed by atoms with E-state index in [0.29, 0.717) is 12.2 Å². The Kier molecular flexibility index (Phi) is 5.52. The lowest BCUT2D eigenvalue weighted by Gasteiger charge is -2.28. The van der Waals surface area contributed by atoms with E-state index >= 15 is 0 Å². The van der Waals surface area contributed by atoms with Crippen molar-refractivity contribution in [2.24, 2.45) is 11.3 Å². The predicted octanol–water partition coefficient (Wildman–Crippen LogP) is 0.838. The van der Waals surface area contributed by atoms with E-state index in [4.69, 9.17) is 5.84 Å². The van der Waals surface area contributed by atoms with E-state index in [1.165, 1.54) is 6.07 Å². The van der Waals surface area contributed by atoms with Gasteiger partial charge >= 0.3 is 0 Å². The topological polar surface area (TPSA) is 87.5 Å². The van der Waals surface area contributed by atoms with Crippen LogP contribution in [0.1, 0.15) is 13.8 Å². The zero-order valence-corrected chi connectivity index (χ0v) is 13.3. The van der Waals surface area contributed by atoms with Gasteiger partial charge in [0.15, 0.2) is 0 Å². The first kappa shape index (κ1) is 16.9. The summed E-state index contributed by atoms with van der Waals surface area (Å²) < 4.78 is 27.3. The van der Waals surface area contributed by atoms with Gasteiger partial charge in [-0.1, -0.05) is 26.0 Å². The van der Waals surface area contributed by atoms with E-state index < -0.39 is 10.0 Å². The molecule has 0 unspecified atom stereocenters. The molecule has 0 aliphatic rings. The molecule has 7 heteroatoms. The number of nitrogens with zero attached hydrogens (tertiary/aromatic N) is 1. The Balaban J connectivity index is 2.86. The Morgan fingerprint density at radius 3 is 2.40 bits per heavy atom. The van der Waals surface area contributed by atoms with Gasteiger partial charge in [0.1, 0.15) is 4.90 Å². The van der Waals surface area contributed by atoms with Crippen LogP contribution in [0.3, 0.4) is 0 Å². The molecule has 0 spiro atoms. The number of nitrogen functional groups attached to an aromatic ring is 1. The number of hydrazine groups is 1. The lowest BCUT2D eigenvalue weighted by Crippen LogP contribution is -2.40. The highest BCUT2D eigenvalue weighted by Gasteiger charge is 2.24. The molecule has 0 saturated carbocycles. The fourth-order valence-electron chi connectivity index (χ4n) is 2.10. The normalized spacial score (nSPS) is 12.7. The average Bonchev–Trinajstić information content (AvgIpc) is 2.35. The standard InChI is InChI=1S/C13H24N4O2S/c1-13(2,10-17(3)4)9-15-20(18,19)12-8-6-5-7-11(12)16-14/h5-8,15-16H,9-10,14H2,1-4H3. The van der Waals surface area contributed by atoms with Crippen molar-refractivity contribution in [3.8, 4) is 0 Å². The third kappa shape index (κ3) is 4.75. The van der Waals surface area contributed by atoms with E-state index in [-0.39, 0.29) is 10.3 Å². The van der Waals surface area contributed by atoms with E-state index in [1.54, 1.807) is 18.2 Å². The molecular formula is C13H24N4O2S. The van der Waals surface area contributed by atoms with Crippen molar-refractivity contribution >= 4 is 15.7 Å². The van der Waals surface area contributed by atoms with Crippen LogP contribution in [0.4, 0.5) is 5.69 Å². The van der Waals surface area contributed by atoms with E-state index in [1.807, 2.05) is 32.8 Å². The summed E-state index contributed by atoms with van der Waals surface area (Å²) in [5.41, 5.74) is 2.62. The molecule has 0 aromatic heterocycles. The molecule has 0 atom stereocenters. The summed E-state index contributed by atoms with van der Waals surface area (Å²) in [6.45, 7) is 5.17. The monoisotopic (exact) mass is 300 g/mol. The van der Waals surface area contributed by atoms with E-state index in [9.17, 15) is 8.42 Å². The molecule has 0 heterocycles. The molecule has 1 aromatic carbocycles. The third-order valence-corrected chi connectivity index (χ3v) is 4.28. The van der Waals surface area contributed by atoms with Gasteiger partial charge in [-0.15, -0.1) is 0 Å². The van der Waals surface area contributed by atoms with Crippen LogP contribution in [0.2, 0.25) is 0 Å². The van der Waals surface area contributed by atoms with Gasteiger partial charge in [0.25, 0.3) is 0 Å². The number of sulfonamides is 1. The highest BCUT2D eigenvalue weighted by molar-refractivity contribution is 7.89. The average molecular weight is 300 g/mol. The smallest absolute Gasteiger partial charge is 0.242 e. The second-order valence-corrected chi connectivity index (χ2v) is 7.60. The van der Waals surface area contributed by atoms with Gasteiger partial charge in [-0.3, -0.25) is 5.84 Å². The summed E-state index contributed by atoms with van der Waals surface area (Å²) >= 11 is 0. The van der Waals surface area contributed by atoms with Crippen molar-refractivity contribution in [2.45, 2.75) is 18.7 Å². The molecule has 0 aliphatic heterocycles. The van der Waals surface area contributed by atoms with Crippen LogP contribution >= 0.6 is 0 Å². The Morgan fingerprint density at radius 2 is 1.85 bits per heavy atom. The van der Waals surface area contributed by atoms with E-state index in [2.05, 4.69) is 10.1 Å². The second-order valence-electron chi connectivity index (χ2n) is 5.87. The predicted molar refractivity (Wildman–Crippen MR) is 81.8 cm³/mol. The van der Waals surface area contributed by atoms with Gasteiger partial charge in [0.05, 0.1) is 5.69 Å². The summed E-state index contributed by atoms with van der Waals surface area (Å²) in [7, 11) is 0.341. The molecule has 4 N–H and O–H groups in total. The van der Waals surface area contributed by atoms with Crippen LogP contribution in [0.5, 0.6) is 0 Å². The molecule has 6 nitrogen and oxygen atoms in total. The van der Waals surface area contributed by atoms with Crippen LogP contribution in [0.15, 0.2) is 29.2 Å². The molecule has 0 saturated heterocycles. The van der Waals surface area contributed by atoms with Crippen molar-refractivity contribution < 1.29 is 8.42 Å². The van der Waals surface area contributed by atoms with Crippen LogP contribution in [-0.2, 0) is 10.0 Å². The number of anilines is 1. The number of benzene rings is 1. The molecule has 1 rings (SSSR count). The highest BCUT2D eigenvalue weighted by Crippen LogP contribution is 2.21. The zero-order valence-electron chi connectivity index (χ0n) is 12.5. The molecule has 0 aliphatic carbocycles. The Hall–Kier alpha value is -1.15. The van der Waals surface area contributed by atoms with Gasteiger partial charge in [-0.2, -0.15) is 0 Å². The number of nitrogens with one attached hydrogen (secondary N) is 2. The summed E-state index contributed by atoms with van der Waals surface area (Å²) in [6.07, 6.45) is 0. The summed E-state index contributed by atoms with van der Waals surface area (Å²) in [6, 6.07) is 6.54. The largest absolute Gasteiger partial charge is 0.323 e. The molecule has 114 valence electrons. The van der Waals surface area contributed by atoms with Crippen molar-refractivity contribution in [2.75, 3.05) is 32.6 Å². The van der Waals surface area contributed by atoms with Crippen molar-refractivity contribution in [3.05, 3.63) is 24.3 Å². The molecular weight excluding hydrogens is 276 g/mol. The van der Waals surface area contributed by atoms with Gasteiger partial charge < -0.3 is 10.3 Å². The lowest BCUT2D eigenvalue weighted by molar-refractivity contribution is 0.242. The molecule has 0 radical (unpaired) electrons. The summed E-state index contributed by atoms with van der Waals surface area (Å²) in [5, 5.41) is 0. The minimum absolute atomic E-state index is 0.156. The Bertz CT molecular complexity index is 541.